The number of unbranched alkanes of at least 4 members (excludes halogenated alkanes) is 18. The fourth-order valence-corrected chi connectivity index (χ4v) is 6.19. The second kappa shape index (κ2) is 33.2. The van der Waals surface area contributed by atoms with Gasteiger partial charge in [0, 0.05) is 13.2 Å². The van der Waals surface area contributed by atoms with Gasteiger partial charge in [-0.25, -0.2) is 0 Å². The Hall–Kier alpha value is -1.12. The second-order valence-corrected chi connectivity index (χ2v) is 13.6. The summed E-state index contributed by atoms with van der Waals surface area (Å²) >= 11 is 0. The molecule has 0 saturated heterocycles. The van der Waals surface area contributed by atoms with E-state index in [-0.39, 0.29) is 0 Å². The third-order valence-corrected chi connectivity index (χ3v) is 9.04. The molecule has 0 radical (unpaired) electrons. The van der Waals surface area contributed by atoms with E-state index in [0.717, 1.165) is 32.0 Å². The van der Waals surface area contributed by atoms with Crippen LogP contribution in [0.2, 0.25) is 0 Å². The highest BCUT2D eigenvalue weighted by Crippen LogP contribution is 2.30. The largest absolute Gasteiger partial charge is 0.376 e. The van der Waals surface area contributed by atoms with Gasteiger partial charge in [-0.1, -0.05) is 146 Å². The Bertz CT molecular complexity index is 632. The Balaban J connectivity index is 1.90. The molecule has 0 unspecified atom stereocenters. The summed E-state index contributed by atoms with van der Waals surface area (Å²) in [7, 11) is 0. The van der Waals surface area contributed by atoms with Crippen LogP contribution in [0, 0.1) is 5.92 Å². The van der Waals surface area contributed by atoms with E-state index in [0.29, 0.717) is 12.2 Å². The molecule has 0 aromatic carbocycles. The van der Waals surface area contributed by atoms with Gasteiger partial charge in [0.25, 0.3) is 0 Å². The van der Waals surface area contributed by atoms with Crippen molar-refractivity contribution in [1.82, 2.24) is 0 Å². The average molecular weight is 613 g/mol. The molecule has 44 heavy (non-hydrogen) atoms. The van der Waals surface area contributed by atoms with Gasteiger partial charge < -0.3 is 9.47 Å². The molecule has 2 heteroatoms. The summed E-state index contributed by atoms with van der Waals surface area (Å²) in [4.78, 5) is 0. The van der Waals surface area contributed by atoms with E-state index in [1.54, 1.807) is 0 Å². The van der Waals surface area contributed by atoms with Crippen LogP contribution in [0.25, 0.3) is 0 Å². The predicted octanol–water partition coefficient (Wildman–Crippen LogP) is 13.8. The van der Waals surface area contributed by atoms with Crippen molar-refractivity contribution in [2.75, 3.05) is 13.2 Å². The number of ether oxygens (including phenoxy) is 2. The monoisotopic (exact) mass is 613 g/mol. The maximum absolute atomic E-state index is 6.34. The van der Waals surface area contributed by atoms with Crippen molar-refractivity contribution in [2.24, 2.45) is 5.92 Å². The third kappa shape index (κ3) is 27.2. The Morgan fingerprint density at radius 1 is 0.409 bits per heavy atom. The zero-order valence-corrected chi connectivity index (χ0v) is 30.0. The first kappa shape index (κ1) is 40.9. The average Bonchev–Trinajstić information content (AvgIpc) is 3.38. The minimum atomic E-state index is 0.326. The molecule has 0 aromatic rings. The normalized spacial score (nSPS) is 19.2. The second-order valence-electron chi connectivity index (χ2n) is 13.6. The number of hydrogen-bond acceptors (Lipinski definition) is 2. The summed E-state index contributed by atoms with van der Waals surface area (Å²) < 4.78 is 12.7. The molecule has 0 N–H and O–H groups in total. The van der Waals surface area contributed by atoms with E-state index >= 15 is 0 Å². The van der Waals surface area contributed by atoms with Gasteiger partial charge in [0.15, 0.2) is 0 Å². The minimum Gasteiger partial charge on any atom is -0.376 e. The summed E-state index contributed by atoms with van der Waals surface area (Å²) in [5, 5.41) is 0. The summed E-state index contributed by atoms with van der Waals surface area (Å²) in [6, 6.07) is 0. The van der Waals surface area contributed by atoms with Gasteiger partial charge >= 0.3 is 0 Å². The topological polar surface area (TPSA) is 18.5 Å². The van der Waals surface area contributed by atoms with Crippen molar-refractivity contribution >= 4 is 0 Å². The van der Waals surface area contributed by atoms with Gasteiger partial charge in [0.2, 0.25) is 0 Å². The summed E-state index contributed by atoms with van der Waals surface area (Å²) in [6.07, 6.45) is 52.9. The first-order valence-electron chi connectivity index (χ1n) is 19.6. The molecular formula is C42H76O2. The van der Waals surface area contributed by atoms with Gasteiger partial charge in [0.05, 0.1) is 12.2 Å². The van der Waals surface area contributed by atoms with Crippen LogP contribution in [-0.4, -0.2) is 25.4 Å². The molecule has 3 atom stereocenters. The smallest absolute Gasteiger partial charge is 0.0839 e. The lowest BCUT2D eigenvalue weighted by molar-refractivity contribution is -0.0578. The Morgan fingerprint density at radius 2 is 0.727 bits per heavy atom. The van der Waals surface area contributed by atoms with Crippen molar-refractivity contribution in [3.63, 3.8) is 0 Å². The molecule has 0 heterocycles. The van der Waals surface area contributed by atoms with Gasteiger partial charge in [-0.15, -0.1) is 0 Å². The van der Waals surface area contributed by atoms with Gasteiger partial charge in [0.1, 0.15) is 0 Å². The molecule has 0 bridgehead atoms. The molecule has 1 aliphatic rings. The van der Waals surface area contributed by atoms with Crippen LogP contribution in [0.15, 0.2) is 48.6 Å². The number of hydrogen-bond donors (Lipinski definition) is 0. The number of allylic oxidation sites excluding steroid dienone is 8. The Labute approximate surface area is 276 Å². The van der Waals surface area contributed by atoms with E-state index < -0.39 is 0 Å². The first-order chi connectivity index (χ1) is 21.8. The third-order valence-electron chi connectivity index (χ3n) is 9.04. The van der Waals surface area contributed by atoms with E-state index in [1.165, 1.54) is 154 Å². The lowest BCUT2D eigenvalue weighted by Crippen LogP contribution is -2.27. The van der Waals surface area contributed by atoms with E-state index in [9.17, 15) is 0 Å². The summed E-state index contributed by atoms with van der Waals surface area (Å²) in [5.41, 5.74) is 0. The van der Waals surface area contributed by atoms with E-state index in [2.05, 4.69) is 69.4 Å². The van der Waals surface area contributed by atoms with Crippen molar-refractivity contribution in [1.29, 1.82) is 0 Å². The lowest BCUT2D eigenvalue weighted by Gasteiger charge is -2.21. The predicted molar refractivity (Wildman–Crippen MR) is 197 cm³/mol. The van der Waals surface area contributed by atoms with E-state index in [4.69, 9.17) is 9.47 Å². The fourth-order valence-electron chi connectivity index (χ4n) is 6.19. The number of rotatable bonds is 32. The Morgan fingerprint density at radius 3 is 1.09 bits per heavy atom. The molecule has 1 saturated carbocycles. The highest BCUT2D eigenvalue weighted by atomic mass is 16.5. The molecule has 0 spiro atoms. The van der Waals surface area contributed by atoms with Gasteiger partial charge in [-0.3, -0.25) is 0 Å². The highest BCUT2D eigenvalue weighted by molar-refractivity contribution is 4.93. The quantitative estimate of drug-likeness (QED) is 0.0556. The molecule has 2 nitrogen and oxygen atoms in total. The first-order valence-corrected chi connectivity index (χ1v) is 19.6. The zero-order valence-electron chi connectivity index (χ0n) is 30.0. The zero-order chi connectivity index (χ0) is 31.6. The van der Waals surface area contributed by atoms with Crippen LogP contribution >= 0.6 is 0 Å². The molecule has 0 amide bonds. The van der Waals surface area contributed by atoms with Crippen molar-refractivity contribution < 1.29 is 9.47 Å². The van der Waals surface area contributed by atoms with Crippen LogP contribution in [0.5, 0.6) is 0 Å². The van der Waals surface area contributed by atoms with Crippen LogP contribution in [-0.2, 0) is 9.47 Å². The lowest BCUT2D eigenvalue weighted by atomic mass is 10.1. The maximum atomic E-state index is 6.34. The molecular weight excluding hydrogens is 536 g/mol. The fraction of sp³-hybridized carbons (Fsp3) is 0.810. The molecule has 1 rings (SSSR count). The standard InChI is InChI=1S/C42H76O2/c1-4-6-8-10-12-14-16-18-20-22-24-26-28-30-32-34-36-43-41-38-40(3)39-42(41)44-37-35-33-31-29-27-25-23-21-19-17-15-13-11-9-7-5-2/h12-15,18-21,40-42H,4-11,16-17,22-39H2,1-3H3/b14-12-,15-13-,20-18-,21-19-/t40-,41+,42-. The van der Waals surface area contributed by atoms with Crippen LogP contribution in [0.4, 0.5) is 0 Å². The van der Waals surface area contributed by atoms with Crippen molar-refractivity contribution in [3.8, 4) is 0 Å². The van der Waals surface area contributed by atoms with E-state index in [1.807, 2.05) is 0 Å². The molecule has 0 aliphatic heterocycles. The molecule has 1 fully saturated rings. The minimum absolute atomic E-state index is 0.326. The van der Waals surface area contributed by atoms with Gasteiger partial charge in [-0.05, 0) is 95.8 Å². The molecule has 1 aliphatic carbocycles. The van der Waals surface area contributed by atoms with Crippen molar-refractivity contribution in [2.45, 2.75) is 200 Å². The summed E-state index contributed by atoms with van der Waals surface area (Å²) in [5.74, 6) is 0.733. The van der Waals surface area contributed by atoms with Crippen molar-refractivity contribution in [3.05, 3.63) is 48.6 Å². The summed E-state index contributed by atoms with van der Waals surface area (Å²) in [6.45, 7) is 8.72. The Kier molecular flexibility index (Phi) is 30.9. The van der Waals surface area contributed by atoms with Crippen LogP contribution in [0.3, 0.4) is 0 Å². The van der Waals surface area contributed by atoms with Crippen LogP contribution in [0.1, 0.15) is 188 Å². The highest BCUT2D eigenvalue weighted by Gasteiger charge is 2.33. The van der Waals surface area contributed by atoms with Crippen LogP contribution < -0.4 is 0 Å². The van der Waals surface area contributed by atoms with Gasteiger partial charge in [-0.2, -0.15) is 0 Å². The maximum Gasteiger partial charge on any atom is 0.0839 e. The molecule has 0 aromatic heterocycles. The molecule has 256 valence electrons. The SMILES string of the molecule is CCCCC/C=C\C/C=C\CCCCCCCCO[C@H]1C[C@@H](C)C[C@H]1OCCCCCCCC/C=C\C/C=C\CCCCC.